The third-order valence-corrected chi connectivity index (χ3v) is 9.03. The smallest absolute Gasteiger partial charge is 0.414 e. The van der Waals surface area contributed by atoms with Gasteiger partial charge in [0.2, 0.25) is 5.88 Å². The van der Waals surface area contributed by atoms with Gasteiger partial charge in [0.25, 0.3) is 0 Å². The van der Waals surface area contributed by atoms with Crippen molar-refractivity contribution in [3.8, 4) is 11.6 Å². The van der Waals surface area contributed by atoms with Gasteiger partial charge in [-0.1, -0.05) is 37.6 Å². The lowest BCUT2D eigenvalue weighted by Crippen LogP contribution is -2.51. The van der Waals surface area contributed by atoms with Gasteiger partial charge >= 0.3 is 6.09 Å². The second-order valence-electron chi connectivity index (χ2n) is 11.9. The van der Waals surface area contributed by atoms with Crippen molar-refractivity contribution in [2.45, 2.75) is 45.4 Å². The molecule has 1 unspecified atom stereocenters. The summed E-state index contributed by atoms with van der Waals surface area (Å²) in [6.07, 6.45) is 2.78. The summed E-state index contributed by atoms with van der Waals surface area (Å²) in [4.78, 5) is 20.8. The van der Waals surface area contributed by atoms with Crippen LogP contribution in [0.4, 0.5) is 4.79 Å². The molecule has 1 amide bonds. The number of rotatable bonds is 8. The zero-order valence-electron chi connectivity index (χ0n) is 24.1. The van der Waals surface area contributed by atoms with Gasteiger partial charge in [-0.05, 0) is 48.9 Å². The van der Waals surface area contributed by atoms with Crippen molar-refractivity contribution in [3.63, 3.8) is 0 Å². The van der Waals surface area contributed by atoms with Crippen LogP contribution in [0.5, 0.6) is 11.6 Å². The van der Waals surface area contributed by atoms with E-state index in [2.05, 4.69) is 33.9 Å². The average Bonchev–Trinajstić information content (AvgIpc) is 3.59. The summed E-state index contributed by atoms with van der Waals surface area (Å²) in [5, 5.41) is 15.5. The predicted octanol–water partition coefficient (Wildman–Crippen LogP) is 5.65. The number of piperidine rings is 2. The second-order valence-corrected chi connectivity index (χ2v) is 12.3. The van der Waals surface area contributed by atoms with Crippen LogP contribution in [0, 0.1) is 11.8 Å². The number of amides is 1. The van der Waals surface area contributed by atoms with Crippen LogP contribution in [0.15, 0.2) is 53.1 Å². The van der Waals surface area contributed by atoms with Crippen molar-refractivity contribution in [2.75, 3.05) is 39.3 Å². The summed E-state index contributed by atoms with van der Waals surface area (Å²) >= 11 is 6.38. The Bertz CT molecular complexity index is 1520. The van der Waals surface area contributed by atoms with E-state index in [-0.39, 0.29) is 18.8 Å². The van der Waals surface area contributed by atoms with Gasteiger partial charge in [0.1, 0.15) is 17.9 Å². The number of hydrogen-bond acceptors (Lipinski definition) is 7. The molecule has 224 valence electrons. The number of nitrogens with zero attached hydrogens (tertiary/aromatic N) is 2. The predicted molar refractivity (Wildman–Crippen MR) is 163 cm³/mol. The zero-order valence-corrected chi connectivity index (χ0v) is 24.9. The van der Waals surface area contributed by atoms with E-state index in [9.17, 15) is 9.90 Å². The number of aliphatic hydroxyl groups is 1. The summed E-state index contributed by atoms with van der Waals surface area (Å²) in [5.41, 5.74) is 2.39. The Balaban J connectivity index is 0.983. The number of furan rings is 1. The molecular formula is C32H39ClN4O5. The van der Waals surface area contributed by atoms with Crippen molar-refractivity contribution in [1.82, 2.24) is 20.1 Å². The van der Waals surface area contributed by atoms with Crippen LogP contribution in [0.1, 0.15) is 32.3 Å². The van der Waals surface area contributed by atoms with E-state index >= 15 is 0 Å². The first-order chi connectivity index (χ1) is 20.3. The number of fused-ring (bicyclic) bond motifs is 2. The van der Waals surface area contributed by atoms with Crippen molar-refractivity contribution in [1.29, 1.82) is 0 Å². The Morgan fingerprint density at radius 1 is 1.10 bits per heavy atom. The maximum absolute atomic E-state index is 12.7. The van der Waals surface area contributed by atoms with E-state index in [0.29, 0.717) is 28.5 Å². The van der Waals surface area contributed by atoms with E-state index in [0.717, 1.165) is 79.5 Å². The fraction of sp³-hybridized carbons (Fsp3) is 0.469. The molecule has 9 nitrogen and oxygen atoms in total. The van der Waals surface area contributed by atoms with E-state index in [1.54, 1.807) is 12.3 Å². The van der Waals surface area contributed by atoms with Crippen LogP contribution >= 0.6 is 11.6 Å². The molecule has 2 aliphatic heterocycles. The minimum absolute atomic E-state index is 0.0822. The molecule has 0 bridgehead atoms. The number of ether oxygens (including phenoxy) is 2. The number of carbonyl (C=O) groups excluding carboxylic acids is 1. The Labute approximate surface area is 250 Å². The summed E-state index contributed by atoms with van der Waals surface area (Å²) in [6, 6.07) is 13.1. The SMILES string of the molecule is C[C@@H]1CN(CCN2CCC(NC(=O)Oc3cc4c(OCc5coc6cccc(Cl)c56)cccc4[nH]3)CC2)C[C@H](C)C1O. The highest BCUT2D eigenvalue weighted by atomic mass is 35.5. The highest BCUT2D eigenvalue weighted by molar-refractivity contribution is 6.35. The number of likely N-dealkylation sites (tertiary alicyclic amines) is 2. The number of aliphatic hydroxyl groups excluding tert-OH is 1. The molecule has 0 spiro atoms. The summed E-state index contributed by atoms with van der Waals surface area (Å²) < 4.78 is 17.4. The fourth-order valence-electron chi connectivity index (χ4n) is 6.38. The number of nitrogens with one attached hydrogen (secondary N) is 2. The summed E-state index contributed by atoms with van der Waals surface area (Å²) in [5.74, 6) is 1.66. The Kier molecular flexibility index (Phi) is 8.62. The third kappa shape index (κ3) is 6.39. The molecule has 4 heterocycles. The number of benzene rings is 2. The fourth-order valence-corrected chi connectivity index (χ4v) is 6.67. The van der Waals surface area contributed by atoms with Crippen LogP contribution in [0.2, 0.25) is 5.02 Å². The minimum atomic E-state index is -0.461. The number of hydrogen-bond donors (Lipinski definition) is 3. The first-order valence-electron chi connectivity index (χ1n) is 14.8. The largest absolute Gasteiger partial charge is 0.488 e. The molecule has 3 atom stereocenters. The van der Waals surface area contributed by atoms with Crippen molar-refractivity contribution < 1.29 is 23.8 Å². The van der Waals surface area contributed by atoms with Crippen LogP contribution in [-0.4, -0.2) is 77.4 Å². The van der Waals surface area contributed by atoms with Gasteiger partial charge in [0, 0.05) is 67.7 Å². The van der Waals surface area contributed by atoms with Gasteiger partial charge in [0.15, 0.2) is 0 Å². The Morgan fingerprint density at radius 3 is 2.62 bits per heavy atom. The number of aromatic amines is 1. The van der Waals surface area contributed by atoms with Crippen molar-refractivity contribution in [3.05, 3.63) is 59.3 Å². The maximum atomic E-state index is 12.7. The van der Waals surface area contributed by atoms with Gasteiger partial charge in [-0.15, -0.1) is 0 Å². The number of aromatic nitrogens is 1. The number of H-pyrrole nitrogens is 1. The lowest BCUT2D eigenvalue weighted by atomic mass is 9.88. The van der Waals surface area contributed by atoms with Gasteiger partial charge < -0.3 is 39.1 Å². The Morgan fingerprint density at radius 2 is 1.83 bits per heavy atom. The molecule has 0 aliphatic carbocycles. The molecule has 2 fully saturated rings. The molecule has 2 aliphatic rings. The highest BCUT2D eigenvalue weighted by Crippen LogP contribution is 2.33. The first-order valence-corrected chi connectivity index (χ1v) is 15.2. The van der Waals surface area contributed by atoms with E-state index in [1.807, 2.05) is 36.4 Å². The topological polar surface area (TPSA) is 103 Å². The standard InChI is InChI=1S/C32H39ClN4O5/c1-20-16-37(17-21(2)31(20)38)14-13-36-11-9-23(10-12-36)34-32(39)42-29-15-24-26(35-29)6-4-7-27(24)40-18-22-19-41-28-8-3-5-25(33)30(22)28/h3-8,15,19-21,23,31,35,38H,9-14,16-18H2,1-2H3,(H,34,39)/t20-,21+,31?. The van der Waals surface area contributed by atoms with E-state index < -0.39 is 6.09 Å². The molecule has 2 saturated heterocycles. The van der Waals surface area contributed by atoms with Crippen LogP contribution in [-0.2, 0) is 6.61 Å². The molecule has 6 rings (SSSR count). The van der Waals surface area contributed by atoms with Gasteiger partial charge in [0.05, 0.1) is 22.9 Å². The van der Waals surface area contributed by atoms with Gasteiger partial charge in [-0.2, -0.15) is 0 Å². The lowest BCUT2D eigenvalue weighted by molar-refractivity contribution is -0.0109. The highest BCUT2D eigenvalue weighted by Gasteiger charge is 2.30. The molecule has 2 aromatic heterocycles. The zero-order chi connectivity index (χ0) is 29.2. The molecule has 10 heteroatoms. The van der Waals surface area contributed by atoms with Crippen LogP contribution in [0.3, 0.4) is 0 Å². The molecule has 42 heavy (non-hydrogen) atoms. The first kappa shape index (κ1) is 28.9. The normalized spacial score (nSPS) is 22.5. The molecule has 3 N–H and O–H groups in total. The van der Waals surface area contributed by atoms with Crippen LogP contribution in [0.25, 0.3) is 21.9 Å². The molecular weight excluding hydrogens is 556 g/mol. The van der Waals surface area contributed by atoms with E-state index in [4.69, 9.17) is 25.5 Å². The third-order valence-electron chi connectivity index (χ3n) is 8.71. The van der Waals surface area contributed by atoms with Gasteiger partial charge in [-0.25, -0.2) is 4.79 Å². The summed E-state index contributed by atoms with van der Waals surface area (Å²) in [6.45, 7) is 10.4. The molecule has 0 saturated carbocycles. The lowest BCUT2D eigenvalue weighted by Gasteiger charge is -2.40. The maximum Gasteiger partial charge on any atom is 0.414 e. The Hall–Kier alpha value is -3.24. The van der Waals surface area contributed by atoms with Crippen LogP contribution < -0.4 is 14.8 Å². The minimum Gasteiger partial charge on any atom is -0.488 e. The van der Waals surface area contributed by atoms with Crippen molar-refractivity contribution in [2.24, 2.45) is 11.8 Å². The number of carbonyl (C=O) groups is 1. The van der Waals surface area contributed by atoms with Crippen molar-refractivity contribution >= 4 is 39.6 Å². The molecule has 2 aromatic carbocycles. The monoisotopic (exact) mass is 594 g/mol. The molecule has 0 radical (unpaired) electrons. The second kappa shape index (κ2) is 12.6. The van der Waals surface area contributed by atoms with E-state index in [1.165, 1.54) is 0 Å². The summed E-state index contributed by atoms with van der Waals surface area (Å²) in [7, 11) is 0. The number of halogens is 1. The average molecular weight is 595 g/mol. The molecule has 4 aromatic rings. The van der Waals surface area contributed by atoms with Gasteiger partial charge in [-0.3, -0.25) is 0 Å². The quantitative estimate of drug-likeness (QED) is 0.242.